The van der Waals surface area contributed by atoms with Crippen molar-refractivity contribution < 1.29 is 18.3 Å². The minimum Gasteiger partial charge on any atom is -0.486 e. The highest BCUT2D eigenvalue weighted by atomic mass is 16.6. The third-order valence-corrected chi connectivity index (χ3v) is 12.4. The van der Waals surface area contributed by atoms with Crippen LogP contribution in [0.5, 0.6) is 11.5 Å². The zero-order valence-corrected chi connectivity index (χ0v) is 34.0. The maximum absolute atomic E-state index is 6.52. The van der Waals surface area contributed by atoms with Crippen LogP contribution >= 0.6 is 0 Å². The van der Waals surface area contributed by atoms with E-state index in [-0.39, 0.29) is 12.1 Å². The van der Waals surface area contributed by atoms with Gasteiger partial charge in [0.15, 0.2) is 11.5 Å². The highest BCUT2D eigenvalue weighted by Crippen LogP contribution is 2.48. The summed E-state index contributed by atoms with van der Waals surface area (Å²) in [5.74, 6) is 3.22. The SMILES string of the molecule is Cc1cc2c3c(c1)N(c1cccc(-c4cc5ccccc5o4)c1)c1cc(-c4cc5ccccc5o4)ccc1B3c1cc(C(C)(C)C)ccc1N2c1ccc2c(c1)OCCO2. The number of hydrogen-bond donors (Lipinski definition) is 0. The van der Waals surface area contributed by atoms with E-state index in [9.17, 15) is 0 Å². The molecule has 6 nitrogen and oxygen atoms in total. The predicted molar refractivity (Wildman–Crippen MR) is 245 cm³/mol. The first-order chi connectivity index (χ1) is 29.2. The van der Waals surface area contributed by atoms with Gasteiger partial charge in [-0.3, -0.25) is 0 Å². The molecule has 12 rings (SSSR count). The van der Waals surface area contributed by atoms with Gasteiger partial charge in [-0.25, -0.2) is 0 Å². The Kier molecular flexibility index (Phi) is 7.52. The number of para-hydroxylation sites is 2. The molecule has 0 N–H and O–H groups in total. The summed E-state index contributed by atoms with van der Waals surface area (Å²) < 4.78 is 25.1. The van der Waals surface area contributed by atoms with Gasteiger partial charge < -0.3 is 28.1 Å². The number of fused-ring (bicyclic) bond motifs is 7. The summed E-state index contributed by atoms with van der Waals surface area (Å²) in [4.78, 5) is 4.88. The van der Waals surface area contributed by atoms with E-state index < -0.39 is 0 Å². The lowest BCUT2D eigenvalue weighted by molar-refractivity contribution is 0.171. The summed E-state index contributed by atoms with van der Waals surface area (Å²) in [6.45, 7) is 10.1. The van der Waals surface area contributed by atoms with Gasteiger partial charge in [-0.1, -0.05) is 93.6 Å². The van der Waals surface area contributed by atoms with E-state index in [0.717, 1.165) is 95.8 Å². The molecule has 5 heterocycles. The second kappa shape index (κ2) is 12.9. The number of hydrogen-bond acceptors (Lipinski definition) is 6. The molecule has 0 atom stereocenters. The molecule has 7 heteroatoms. The maximum Gasteiger partial charge on any atom is 0.252 e. The summed E-state index contributed by atoms with van der Waals surface area (Å²) in [6.07, 6.45) is 0. The molecule has 9 aromatic rings. The first-order valence-corrected chi connectivity index (χ1v) is 20.8. The highest BCUT2D eigenvalue weighted by molar-refractivity contribution is 7.00. The Balaban J connectivity index is 1.13. The molecule has 0 fully saturated rings. The van der Waals surface area contributed by atoms with E-state index in [1.165, 1.54) is 22.0 Å². The van der Waals surface area contributed by atoms with Crippen molar-refractivity contribution in [3.63, 3.8) is 0 Å². The van der Waals surface area contributed by atoms with Crippen molar-refractivity contribution in [3.05, 3.63) is 163 Å². The lowest BCUT2D eigenvalue weighted by atomic mass is 9.33. The lowest BCUT2D eigenvalue weighted by Gasteiger charge is -2.45. The van der Waals surface area contributed by atoms with Crippen LogP contribution in [0.25, 0.3) is 44.6 Å². The van der Waals surface area contributed by atoms with Gasteiger partial charge in [-0.05, 0) is 113 Å². The van der Waals surface area contributed by atoms with Crippen LogP contribution in [0.3, 0.4) is 0 Å². The van der Waals surface area contributed by atoms with Crippen molar-refractivity contribution in [1.82, 2.24) is 0 Å². The van der Waals surface area contributed by atoms with Crippen LogP contribution in [0.2, 0.25) is 0 Å². The largest absolute Gasteiger partial charge is 0.486 e. The first kappa shape index (κ1) is 34.9. The van der Waals surface area contributed by atoms with Crippen LogP contribution in [0, 0.1) is 6.92 Å². The van der Waals surface area contributed by atoms with Gasteiger partial charge in [-0.2, -0.15) is 0 Å². The second-order valence-corrected chi connectivity index (χ2v) is 17.3. The molecule has 3 aliphatic rings. The zero-order valence-electron chi connectivity index (χ0n) is 34.0. The van der Waals surface area contributed by atoms with Crippen LogP contribution in [0.4, 0.5) is 34.1 Å². The number of furan rings is 2. The van der Waals surface area contributed by atoms with E-state index in [4.69, 9.17) is 18.3 Å². The van der Waals surface area contributed by atoms with Gasteiger partial charge in [0.1, 0.15) is 35.9 Å². The Labute approximate surface area is 349 Å². The van der Waals surface area contributed by atoms with Gasteiger partial charge in [0, 0.05) is 56.4 Å². The fraction of sp³-hybridized carbons (Fsp3) is 0.132. The summed E-state index contributed by atoms with van der Waals surface area (Å²) in [5.41, 5.74) is 16.6. The van der Waals surface area contributed by atoms with Crippen LogP contribution in [-0.2, 0) is 5.41 Å². The van der Waals surface area contributed by atoms with Gasteiger partial charge >= 0.3 is 0 Å². The number of anilines is 6. The van der Waals surface area contributed by atoms with Gasteiger partial charge in [-0.15, -0.1) is 0 Å². The molecule has 0 bridgehead atoms. The van der Waals surface area contributed by atoms with Gasteiger partial charge in [0.05, 0.1) is 5.69 Å². The van der Waals surface area contributed by atoms with Crippen molar-refractivity contribution in [2.75, 3.05) is 23.0 Å². The van der Waals surface area contributed by atoms with Crippen LogP contribution in [0.15, 0.2) is 160 Å². The average Bonchev–Trinajstić information content (AvgIpc) is 3.91. The third-order valence-electron chi connectivity index (χ3n) is 12.4. The number of ether oxygens (including phenoxy) is 2. The Bertz CT molecular complexity index is 3140. The molecule has 0 aliphatic carbocycles. The Morgan fingerprint density at radius 1 is 0.500 bits per heavy atom. The summed E-state index contributed by atoms with van der Waals surface area (Å²) in [6, 6.07) is 54.5. The zero-order chi connectivity index (χ0) is 40.3. The predicted octanol–water partition coefficient (Wildman–Crippen LogP) is 12.0. The fourth-order valence-corrected chi connectivity index (χ4v) is 9.53. The van der Waals surface area contributed by atoms with E-state index in [2.05, 4.69) is 159 Å². The summed E-state index contributed by atoms with van der Waals surface area (Å²) in [7, 11) is 0. The van der Waals surface area contributed by atoms with E-state index in [0.29, 0.717) is 13.2 Å². The molecule has 60 heavy (non-hydrogen) atoms. The Morgan fingerprint density at radius 3 is 1.85 bits per heavy atom. The third kappa shape index (κ3) is 5.42. The van der Waals surface area contributed by atoms with Crippen molar-refractivity contribution >= 4 is 79.2 Å². The fourth-order valence-electron chi connectivity index (χ4n) is 9.53. The molecule has 0 radical (unpaired) electrons. The lowest BCUT2D eigenvalue weighted by Crippen LogP contribution is -2.61. The van der Waals surface area contributed by atoms with E-state index in [1.54, 1.807) is 0 Å². The molecule has 0 amide bonds. The number of aryl methyl sites for hydroxylation is 1. The standard InChI is InChI=1S/C53H41BN2O4/c1-32-24-44-52-45(25-32)56(38-13-9-12-33(26-38)49-28-34-10-5-7-14-46(34)59-49)43-27-36(50-29-35-11-6-8-15-47(35)60-50)16-19-40(43)54(52)41-30-37(53(2,3)4)17-20-42(41)55(44)39-18-21-48-51(31-39)58-23-22-57-48/h5-21,24-31H,22-23H2,1-4H3. The molecule has 290 valence electrons. The number of rotatable bonds is 4. The topological polar surface area (TPSA) is 51.2 Å². The maximum atomic E-state index is 6.52. The number of benzene rings is 7. The van der Waals surface area contributed by atoms with E-state index in [1.807, 2.05) is 30.3 Å². The molecular weight excluding hydrogens is 739 g/mol. The smallest absolute Gasteiger partial charge is 0.252 e. The molecule has 0 spiro atoms. The first-order valence-electron chi connectivity index (χ1n) is 20.8. The normalized spacial score (nSPS) is 14.0. The van der Waals surface area contributed by atoms with Crippen molar-refractivity contribution in [2.45, 2.75) is 33.1 Å². The van der Waals surface area contributed by atoms with E-state index >= 15 is 0 Å². The quantitative estimate of drug-likeness (QED) is 0.166. The average molecular weight is 781 g/mol. The summed E-state index contributed by atoms with van der Waals surface area (Å²) in [5, 5.41) is 2.17. The van der Waals surface area contributed by atoms with Gasteiger partial charge in [0.25, 0.3) is 6.71 Å². The molecule has 3 aliphatic heterocycles. The van der Waals surface area contributed by atoms with Gasteiger partial charge in [0.2, 0.25) is 0 Å². The molecule has 7 aromatic carbocycles. The monoisotopic (exact) mass is 780 g/mol. The van der Waals surface area contributed by atoms with Crippen LogP contribution in [-0.4, -0.2) is 19.9 Å². The Hall–Kier alpha value is -7.12. The highest BCUT2D eigenvalue weighted by Gasteiger charge is 2.44. The van der Waals surface area contributed by atoms with Crippen molar-refractivity contribution in [3.8, 4) is 34.1 Å². The van der Waals surface area contributed by atoms with Crippen molar-refractivity contribution in [1.29, 1.82) is 0 Å². The molecule has 0 unspecified atom stereocenters. The second-order valence-electron chi connectivity index (χ2n) is 17.3. The van der Waals surface area contributed by atoms with Crippen LogP contribution in [0.1, 0.15) is 31.9 Å². The van der Waals surface area contributed by atoms with Crippen LogP contribution < -0.4 is 35.7 Å². The minimum absolute atomic E-state index is 0.0455. The minimum atomic E-state index is -0.0565. The van der Waals surface area contributed by atoms with Crippen molar-refractivity contribution in [2.24, 2.45) is 0 Å². The molecular formula is C53H41BN2O4. The molecule has 0 saturated heterocycles. The molecule has 0 saturated carbocycles. The molecule has 2 aromatic heterocycles. The Morgan fingerprint density at radius 2 is 1.15 bits per heavy atom. The number of nitrogens with zero attached hydrogens (tertiary/aromatic N) is 2. The summed E-state index contributed by atoms with van der Waals surface area (Å²) >= 11 is 0.